The second-order valence-corrected chi connectivity index (χ2v) is 11.1. The van der Waals surface area contributed by atoms with Crippen LogP contribution in [0.3, 0.4) is 0 Å². The summed E-state index contributed by atoms with van der Waals surface area (Å²) in [5.41, 5.74) is 4.35. The highest BCUT2D eigenvalue weighted by molar-refractivity contribution is 5.92. The Balaban J connectivity index is 1.34. The zero-order chi connectivity index (χ0) is 27.0. The van der Waals surface area contributed by atoms with Crippen LogP contribution >= 0.6 is 0 Å². The highest BCUT2D eigenvalue weighted by atomic mass is 16.2. The van der Waals surface area contributed by atoms with Gasteiger partial charge in [-0.3, -0.25) is 9.69 Å². The number of nitrogens with zero attached hydrogens (tertiary/aromatic N) is 2. The number of nitrogens with one attached hydrogen (secondary N) is 1. The van der Waals surface area contributed by atoms with E-state index < -0.39 is 0 Å². The minimum Gasteiger partial charge on any atom is -0.349 e. The monoisotopic (exact) mass is 523 g/mol. The highest BCUT2D eigenvalue weighted by Gasteiger charge is 2.33. The van der Waals surface area contributed by atoms with E-state index in [2.05, 4.69) is 48.6 Å². The van der Waals surface area contributed by atoms with Gasteiger partial charge in [-0.1, -0.05) is 85.6 Å². The summed E-state index contributed by atoms with van der Waals surface area (Å²) >= 11 is 0. The average molecular weight is 524 g/mol. The van der Waals surface area contributed by atoms with E-state index in [1.54, 1.807) is 0 Å². The van der Waals surface area contributed by atoms with Crippen LogP contribution in [0.2, 0.25) is 0 Å². The maximum Gasteiger partial charge on any atom is 0.324 e. The molecule has 5 rings (SSSR count). The SMILES string of the molecule is C[C@H](NC(=O)[C@H]1CCCC[C@@H]1c1cccc(CN(C(=O)N2CCCCC2)c2ccccc2)c1)c1ccccc1. The predicted octanol–water partition coefficient (Wildman–Crippen LogP) is 7.45. The number of rotatable bonds is 7. The van der Waals surface area contributed by atoms with Crippen molar-refractivity contribution >= 4 is 17.6 Å². The lowest BCUT2D eigenvalue weighted by Crippen LogP contribution is -2.45. The first-order chi connectivity index (χ1) is 19.1. The number of amides is 3. The summed E-state index contributed by atoms with van der Waals surface area (Å²) in [5.74, 6) is 0.289. The molecule has 5 nitrogen and oxygen atoms in total. The zero-order valence-electron chi connectivity index (χ0n) is 23.1. The van der Waals surface area contributed by atoms with Crippen molar-refractivity contribution in [2.24, 2.45) is 5.92 Å². The van der Waals surface area contributed by atoms with E-state index in [-0.39, 0.29) is 29.8 Å². The predicted molar refractivity (Wildman–Crippen MR) is 158 cm³/mol. The summed E-state index contributed by atoms with van der Waals surface area (Å²) in [7, 11) is 0. The molecular formula is C34H41N3O2. The Labute approximate surface area is 233 Å². The number of urea groups is 1. The summed E-state index contributed by atoms with van der Waals surface area (Å²) in [4.78, 5) is 31.1. The molecular weight excluding hydrogens is 482 g/mol. The average Bonchev–Trinajstić information content (AvgIpc) is 3.01. The van der Waals surface area contributed by atoms with Crippen LogP contribution in [-0.4, -0.2) is 29.9 Å². The Morgan fingerprint density at radius 2 is 1.54 bits per heavy atom. The number of carbonyl (C=O) groups excluding carboxylic acids is 2. The van der Waals surface area contributed by atoms with Gasteiger partial charge in [0.2, 0.25) is 5.91 Å². The number of piperidine rings is 1. The van der Waals surface area contributed by atoms with Gasteiger partial charge in [-0.25, -0.2) is 4.79 Å². The molecule has 3 atom stereocenters. The molecule has 0 aromatic heterocycles. The lowest BCUT2D eigenvalue weighted by molar-refractivity contribution is -0.127. The number of para-hydroxylation sites is 1. The standard InChI is InChI=1S/C34H41N3O2/c1-26(28-15-5-2-6-16-28)35-33(38)32-21-10-9-20-31(32)29-17-13-14-27(24-29)25-37(30-18-7-3-8-19-30)34(39)36-22-11-4-12-23-36/h2-3,5-8,13-19,24,26,31-32H,4,9-12,20-23,25H2,1H3,(H,35,38)/t26-,31+,32-/m0/s1. The van der Waals surface area contributed by atoms with Crippen molar-refractivity contribution < 1.29 is 9.59 Å². The molecule has 3 aromatic carbocycles. The number of hydrogen-bond acceptors (Lipinski definition) is 2. The minimum absolute atomic E-state index is 0.0205. The molecule has 2 fully saturated rings. The van der Waals surface area contributed by atoms with Gasteiger partial charge in [-0.05, 0) is 73.8 Å². The van der Waals surface area contributed by atoms with Crippen molar-refractivity contribution in [1.29, 1.82) is 0 Å². The fourth-order valence-corrected chi connectivity index (χ4v) is 6.23. The van der Waals surface area contributed by atoms with Crippen LogP contribution in [0.4, 0.5) is 10.5 Å². The van der Waals surface area contributed by atoms with Crippen molar-refractivity contribution in [3.05, 3.63) is 102 Å². The first kappa shape index (κ1) is 27.0. The highest BCUT2D eigenvalue weighted by Crippen LogP contribution is 2.39. The molecule has 5 heteroatoms. The van der Waals surface area contributed by atoms with Gasteiger partial charge < -0.3 is 10.2 Å². The summed E-state index contributed by atoms with van der Waals surface area (Å²) in [6.07, 6.45) is 7.46. The van der Waals surface area contributed by atoms with Crippen LogP contribution in [0, 0.1) is 5.92 Å². The van der Waals surface area contributed by atoms with Gasteiger partial charge in [0.25, 0.3) is 0 Å². The van der Waals surface area contributed by atoms with Crippen molar-refractivity contribution in [1.82, 2.24) is 10.2 Å². The maximum absolute atomic E-state index is 13.6. The quantitative estimate of drug-likeness (QED) is 0.350. The molecule has 39 heavy (non-hydrogen) atoms. The van der Waals surface area contributed by atoms with Gasteiger partial charge in [-0.2, -0.15) is 0 Å². The van der Waals surface area contributed by atoms with Crippen LogP contribution in [0.5, 0.6) is 0 Å². The van der Waals surface area contributed by atoms with Gasteiger partial charge in [-0.15, -0.1) is 0 Å². The Hall–Kier alpha value is -3.60. The topological polar surface area (TPSA) is 52.7 Å². The lowest BCUT2D eigenvalue weighted by atomic mass is 9.74. The second-order valence-electron chi connectivity index (χ2n) is 11.1. The Morgan fingerprint density at radius 1 is 0.846 bits per heavy atom. The van der Waals surface area contributed by atoms with E-state index in [1.807, 2.05) is 58.3 Å². The molecule has 0 spiro atoms. The first-order valence-electron chi connectivity index (χ1n) is 14.7. The third-order valence-electron chi connectivity index (χ3n) is 8.41. The van der Waals surface area contributed by atoms with Crippen molar-refractivity contribution in [3.8, 4) is 0 Å². The van der Waals surface area contributed by atoms with Crippen LogP contribution in [-0.2, 0) is 11.3 Å². The fraction of sp³-hybridized carbons (Fsp3) is 0.412. The van der Waals surface area contributed by atoms with E-state index in [0.29, 0.717) is 6.54 Å². The summed E-state index contributed by atoms with van der Waals surface area (Å²) in [6, 6.07) is 28.8. The molecule has 204 valence electrons. The zero-order valence-corrected chi connectivity index (χ0v) is 23.1. The second kappa shape index (κ2) is 13.0. The molecule has 1 saturated carbocycles. The molecule has 0 unspecified atom stereocenters. The van der Waals surface area contributed by atoms with E-state index in [0.717, 1.165) is 68.4 Å². The molecule has 1 N–H and O–H groups in total. The Kier molecular flexibility index (Phi) is 8.97. The fourth-order valence-electron chi connectivity index (χ4n) is 6.23. The van der Waals surface area contributed by atoms with Gasteiger partial charge in [0, 0.05) is 24.7 Å². The largest absolute Gasteiger partial charge is 0.349 e. The van der Waals surface area contributed by atoms with Crippen molar-refractivity contribution in [2.75, 3.05) is 18.0 Å². The molecule has 0 bridgehead atoms. The Morgan fingerprint density at radius 3 is 2.28 bits per heavy atom. The van der Waals surface area contributed by atoms with Gasteiger partial charge in [0.1, 0.15) is 0 Å². The molecule has 1 aliphatic heterocycles. The molecule has 1 heterocycles. The molecule has 1 aliphatic carbocycles. The molecule has 3 amide bonds. The normalized spacial score (nSPS) is 20.2. The molecule has 3 aromatic rings. The third kappa shape index (κ3) is 6.70. The number of carbonyl (C=O) groups is 2. The molecule has 1 saturated heterocycles. The summed E-state index contributed by atoms with van der Waals surface area (Å²) in [5, 5.41) is 3.29. The summed E-state index contributed by atoms with van der Waals surface area (Å²) < 4.78 is 0. The van der Waals surface area contributed by atoms with Gasteiger partial charge in [0.05, 0.1) is 12.6 Å². The van der Waals surface area contributed by atoms with Crippen molar-refractivity contribution in [3.63, 3.8) is 0 Å². The van der Waals surface area contributed by atoms with E-state index in [4.69, 9.17) is 0 Å². The third-order valence-corrected chi connectivity index (χ3v) is 8.41. The minimum atomic E-state index is -0.0413. The number of anilines is 1. The van der Waals surface area contributed by atoms with E-state index in [9.17, 15) is 9.59 Å². The van der Waals surface area contributed by atoms with Crippen LogP contribution in [0.25, 0.3) is 0 Å². The number of hydrogen-bond donors (Lipinski definition) is 1. The number of likely N-dealkylation sites (tertiary alicyclic amines) is 1. The summed E-state index contributed by atoms with van der Waals surface area (Å²) in [6.45, 7) is 4.22. The van der Waals surface area contributed by atoms with Crippen molar-refractivity contribution in [2.45, 2.75) is 70.4 Å². The smallest absolute Gasteiger partial charge is 0.324 e. The molecule has 2 aliphatic rings. The Bertz CT molecular complexity index is 1220. The van der Waals surface area contributed by atoms with Crippen LogP contribution < -0.4 is 10.2 Å². The van der Waals surface area contributed by atoms with Crippen LogP contribution in [0.1, 0.15) is 80.5 Å². The van der Waals surface area contributed by atoms with E-state index in [1.165, 1.54) is 12.0 Å². The first-order valence-corrected chi connectivity index (χ1v) is 14.7. The maximum atomic E-state index is 13.6. The lowest BCUT2D eigenvalue weighted by Gasteiger charge is -2.34. The van der Waals surface area contributed by atoms with Gasteiger partial charge in [0.15, 0.2) is 0 Å². The number of benzene rings is 3. The van der Waals surface area contributed by atoms with E-state index >= 15 is 0 Å². The van der Waals surface area contributed by atoms with Gasteiger partial charge >= 0.3 is 6.03 Å². The molecule has 0 radical (unpaired) electrons. The van der Waals surface area contributed by atoms with Crippen LogP contribution in [0.15, 0.2) is 84.9 Å².